The third-order valence-corrected chi connectivity index (χ3v) is 4.24. The summed E-state index contributed by atoms with van der Waals surface area (Å²) in [6.07, 6.45) is 15.5. The lowest BCUT2D eigenvalue weighted by molar-refractivity contribution is 0.269. The molecule has 1 aliphatic carbocycles. The van der Waals surface area contributed by atoms with E-state index in [4.69, 9.17) is 0 Å². The molecule has 1 heteroatoms. The SMILES string of the molecule is Cc1c2n(c3/c1=C\C=C/C=C\C=3)CCC(C)(C)C2. The summed E-state index contributed by atoms with van der Waals surface area (Å²) < 4.78 is 2.52. The van der Waals surface area contributed by atoms with Gasteiger partial charge >= 0.3 is 0 Å². The van der Waals surface area contributed by atoms with Crippen LogP contribution in [0.5, 0.6) is 0 Å². The molecule has 0 radical (unpaired) electrons. The normalized spacial score (nSPS) is 27.5. The Hall–Kier alpha value is -1.50. The number of nitrogens with zero attached hydrogens (tertiary/aromatic N) is 1. The molecule has 0 aromatic carbocycles. The third kappa shape index (κ3) is 1.78. The highest BCUT2D eigenvalue weighted by molar-refractivity contribution is 5.50. The van der Waals surface area contributed by atoms with E-state index in [-0.39, 0.29) is 0 Å². The van der Waals surface area contributed by atoms with Crippen LogP contribution in [-0.2, 0) is 13.0 Å². The maximum Gasteiger partial charge on any atom is 0.0485 e. The monoisotopic (exact) mass is 239 g/mol. The second-order valence-corrected chi connectivity index (χ2v) is 6.22. The molecule has 0 saturated carbocycles. The molecule has 3 rings (SSSR count). The summed E-state index contributed by atoms with van der Waals surface area (Å²) in [5.74, 6) is 0. The zero-order valence-electron chi connectivity index (χ0n) is 11.5. The lowest BCUT2D eigenvalue weighted by Gasteiger charge is -2.31. The first-order valence-corrected chi connectivity index (χ1v) is 6.82. The van der Waals surface area contributed by atoms with Gasteiger partial charge in [-0.3, -0.25) is 0 Å². The van der Waals surface area contributed by atoms with Crippen molar-refractivity contribution >= 4 is 12.2 Å². The van der Waals surface area contributed by atoms with Crippen molar-refractivity contribution in [2.45, 2.75) is 40.2 Å². The minimum atomic E-state index is 0.444. The summed E-state index contributed by atoms with van der Waals surface area (Å²) >= 11 is 0. The molecule has 0 spiro atoms. The highest BCUT2D eigenvalue weighted by atomic mass is 15.0. The zero-order chi connectivity index (χ0) is 12.8. The van der Waals surface area contributed by atoms with Gasteiger partial charge in [-0.1, -0.05) is 44.2 Å². The summed E-state index contributed by atoms with van der Waals surface area (Å²) in [7, 11) is 0. The summed E-state index contributed by atoms with van der Waals surface area (Å²) in [5.41, 5.74) is 3.45. The van der Waals surface area contributed by atoms with E-state index < -0.39 is 0 Å². The molecule has 1 aliphatic heterocycles. The molecule has 2 heterocycles. The standard InChI is InChI=1S/C17H21N/c1-13-14-8-6-4-5-7-9-15(14)18-11-10-17(2,3)12-16(13)18/h4-9H,10-12H2,1-3H3/b5-4?,6-4-,7-5-,8-6?,9-7?,14-8-,15-9+. The van der Waals surface area contributed by atoms with Gasteiger partial charge in [0, 0.05) is 22.8 Å². The first-order valence-electron chi connectivity index (χ1n) is 6.82. The van der Waals surface area contributed by atoms with Gasteiger partial charge < -0.3 is 4.57 Å². The highest BCUT2D eigenvalue weighted by Crippen LogP contribution is 2.31. The van der Waals surface area contributed by atoms with Gasteiger partial charge in [0.2, 0.25) is 0 Å². The van der Waals surface area contributed by atoms with Crippen LogP contribution in [0.3, 0.4) is 0 Å². The minimum Gasteiger partial charge on any atom is -0.344 e. The molecule has 94 valence electrons. The average molecular weight is 239 g/mol. The van der Waals surface area contributed by atoms with E-state index in [1.54, 1.807) is 0 Å². The Morgan fingerprint density at radius 3 is 2.56 bits per heavy atom. The fourth-order valence-corrected chi connectivity index (χ4v) is 3.10. The summed E-state index contributed by atoms with van der Waals surface area (Å²) in [4.78, 5) is 0. The molecule has 0 atom stereocenters. The number of rotatable bonds is 0. The van der Waals surface area contributed by atoms with Crippen LogP contribution in [0.4, 0.5) is 0 Å². The van der Waals surface area contributed by atoms with Crippen molar-refractivity contribution in [2.24, 2.45) is 5.41 Å². The van der Waals surface area contributed by atoms with Gasteiger partial charge in [-0.25, -0.2) is 0 Å². The number of fused-ring (bicyclic) bond motifs is 3. The van der Waals surface area contributed by atoms with Crippen molar-refractivity contribution < 1.29 is 0 Å². The van der Waals surface area contributed by atoms with Gasteiger partial charge in [-0.2, -0.15) is 0 Å². The van der Waals surface area contributed by atoms with E-state index >= 15 is 0 Å². The van der Waals surface area contributed by atoms with Crippen LogP contribution in [0.2, 0.25) is 0 Å². The fraction of sp³-hybridized carbons (Fsp3) is 0.412. The lowest BCUT2D eigenvalue weighted by atomic mass is 9.81. The van der Waals surface area contributed by atoms with E-state index in [0.29, 0.717) is 5.41 Å². The molecule has 18 heavy (non-hydrogen) atoms. The first kappa shape index (κ1) is 11.6. The Morgan fingerprint density at radius 2 is 1.78 bits per heavy atom. The van der Waals surface area contributed by atoms with Crippen LogP contribution in [0, 0.1) is 12.3 Å². The van der Waals surface area contributed by atoms with Gasteiger partial charge in [0.25, 0.3) is 0 Å². The molecular weight excluding hydrogens is 218 g/mol. The Kier molecular flexibility index (Phi) is 2.58. The van der Waals surface area contributed by atoms with Crippen LogP contribution in [0.15, 0.2) is 24.3 Å². The Balaban J connectivity index is 2.31. The molecule has 0 unspecified atom stereocenters. The van der Waals surface area contributed by atoms with Crippen LogP contribution < -0.4 is 10.6 Å². The topological polar surface area (TPSA) is 4.93 Å². The maximum absolute atomic E-state index is 2.52. The Labute approximate surface area is 109 Å². The number of hydrogen-bond donors (Lipinski definition) is 0. The van der Waals surface area contributed by atoms with Crippen molar-refractivity contribution in [3.63, 3.8) is 0 Å². The lowest BCUT2D eigenvalue weighted by Crippen LogP contribution is -2.34. The predicted molar refractivity (Wildman–Crippen MR) is 77.7 cm³/mol. The smallest absolute Gasteiger partial charge is 0.0485 e. The third-order valence-electron chi connectivity index (χ3n) is 4.24. The van der Waals surface area contributed by atoms with E-state index in [1.807, 2.05) is 0 Å². The van der Waals surface area contributed by atoms with Gasteiger partial charge in [0.05, 0.1) is 0 Å². The number of hydrogen-bond acceptors (Lipinski definition) is 0. The van der Waals surface area contributed by atoms with Gasteiger partial charge in [0.1, 0.15) is 0 Å². The molecule has 0 saturated heterocycles. The molecule has 0 N–H and O–H groups in total. The maximum atomic E-state index is 2.52. The number of allylic oxidation sites excluding steroid dienone is 4. The van der Waals surface area contributed by atoms with Crippen molar-refractivity contribution in [1.82, 2.24) is 4.57 Å². The van der Waals surface area contributed by atoms with Crippen LogP contribution in [0.25, 0.3) is 12.2 Å². The van der Waals surface area contributed by atoms with Gasteiger partial charge in [-0.15, -0.1) is 0 Å². The van der Waals surface area contributed by atoms with Crippen LogP contribution in [-0.4, -0.2) is 4.57 Å². The van der Waals surface area contributed by atoms with E-state index in [1.165, 1.54) is 34.7 Å². The Bertz CT molecular complexity index is 651. The summed E-state index contributed by atoms with van der Waals surface area (Å²) in [5, 5.41) is 2.79. The second kappa shape index (κ2) is 4.01. The average Bonchev–Trinajstić information content (AvgIpc) is 2.50. The molecule has 2 aliphatic rings. The quantitative estimate of drug-likeness (QED) is 0.655. The number of aromatic nitrogens is 1. The van der Waals surface area contributed by atoms with Crippen molar-refractivity contribution in [3.05, 3.63) is 46.1 Å². The summed E-state index contributed by atoms with van der Waals surface area (Å²) in [6.45, 7) is 8.19. The first-order chi connectivity index (χ1) is 8.58. The largest absolute Gasteiger partial charge is 0.344 e. The zero-order valence-corrected chi connectivity index (χ0v) is 11.5. The molecular formula is C17H21N. The van der Waals surface area contributed by atoms with Crippen molar-refractivity contribution in [1.29, 1.82) is 0 Å². The van der Waals surface area contributed by atoms with Crippen molar-refractivity contribution in [3.8, 4) is 0 Å². The van der Waals surface area contributed by atoms with Crippen LogP contribution in [0.1, 0.15) is 31.5 Å². The van der Waals surface area contributed by atoms with Crippen molar-refractivity contribution in [2.75, 3.05) is 0 Å². The molecule has 0 amide bonds. The minimum absolute atomic E-state index is 0.444. The molecule has 1 aromatic heterocycles. The summed E-state index contributed by atoms with van der Waals surface area (Å²) in [6, 6.07) is 0. The molecule has 1 aromatic rings. The fourth-order valence-electron chi connectivity index (χ4n) is 3.10. The Morgan fingerprint density at radius 1 is 1.06 bits per heavy atom. The molecule has 0 fully saturated rings. The van der Waals surface area contributed by atoms with E-state index in [9.17, 15) is 0 Å². The van der Waals surface area contributed by atoms with E-state index in [2.05, 4.69) is 61.8 Å². The predicted octanol–water partition coefficient (Wildman–Crippen LogP) is 2.46. The van der Waals surface area contributed by atoms with Crippen LogP contribution >= 0.6 is 0 Å². The molecule has 1 nitrogen and oxygen atoms in total. The van der Waals surface area contributed by atoms with E-state index in [0.717, 1.165) is 6.54 Å². The molecule has 0 bridgehead atoms. The highest BCUT2D eigenvalue weighted by Gasteiger charge is 2.27. The van der Waals surface area contributed by atoms with Gasteiger partial charge in [-0.05, 0) is 36.8 Å². The van der Waals surface area contributed by atoms with Gasteiger partial charge in [0.15, 0.2) is 0 Å². The second-order valence-electron chi connectivity index (χ2n) is 6.22.